The second-order valence-corrected chi connectivity index (χ2v) is 7.55. The normalized spacial score (nSPS) is 16.1. The molecule has 0 aliphatic carbocycles. The van der Waals surface area contributed by atoms with Crippen LogP contribution in [0.15, 0.2) is 49.1 Å². The van der Waals surface area contributed by atoms with E-state index in [1.54, 1.807) is 21.3 Å². The van der Waals surface area contributed by atoms with Gasteiger partial charge in [0.1, 0.15) is 18.7 Å². The molecule has 2 aromatic carbocycles. The second kappa shape index (κ2) is 9.22. The number of hydrogen-bond acceptors (Lipinski definition) is 7. The van der Waals surface area contributed by atoms with Crippen LogP contribution in [0, 0.1) is 0 Å². The highest BCUT2D eigenvalue weighted by Gasteiger charge is 2.23. The van der Waals surface area contributed by atoms with E-state index >= 15 is 0 Å². The third-order valence-corrected chi connectivity index (χ3v) is 5.54. The number of rotatable bonds is 6. The van der Waals surface area contributed by atoms with Gasteiger partial charge in [0.25, 0.3) is 0 Å². The average molecular weight is 421 g/mol. The molecule has 4 rings (SSSR count). The van der Waals surface area contributed by atoms with Gasteiger partial charge in [0, 0.05) is 42.7 Å². The fourth-order valence-corrected chi connectivity index (χ4v) is 3.83. The van der Waals surface area contributed by atoms with Gasteiger partial charge in [-0.25, -0.2) is 9.97 Å². The Hall–Kier alpha value is -3.32. The quantitative estimate of drug-likeness (QED) is 0.597. The Labute approximate surface area is 182 Å². The summed E-state index contributed by atoms with van der Waals surface area (Å²) in [5, 5.41) is 0. The summed E-state index contributed by atoms with van der Waals surface area (Å²) in [6, 6.07) is 10.5. The first kappa shape index (κ1) is 20.9. The van der Waals surface area contributed by atoms with Crippen molar-refractivity contribution >= 4 is 0 Å². The number of aromatic nitrogens is 2. The molecule has 0 bridgehead atoms. The van der Waals surface area contributed by atoms with Gasteiger partial charge in [0.05, 0.1) is 21.3 Å². The summed E-state index contributed by atoms with van der Waals surface area (Å²) < 4.78 is 22.6. The van der Waals surface area contributed by atoms with E-state index in [0.29, 0.717) is 23.9 Å². The minimum absolute atomic E-state index is 0.231. The molecule has 7 heteroatoms. The van der Waals surface area contributed by atoms with Crippen molar-refractivity contribution in [3.05, 3.63) is 60.2 Å². The standard InChI is InChI=1S/C24H27N3O4/c1-16-14-31-21-6-5-18(20-10-25-15-26-11-20)9-19(21)13-27(16)12-17-7-22(28-2)24(30-4)23(8-17)29-3/h5-11,15-16H,12-14H2,1-4H3. The highest BCUT2D eigenvalue weighted by molar-refractivity contribution is 5.64. The lowest BCUT2D eigenvalue weighted by Crippen LogP contribution is -2.34. The molecule has 0 fully saturated rings. The molecule has 0 N–H and O–H groups in total. The maximum atomic E-state index is 6.10. The molecule has 2 heterocycles. The van der Waals surface area contributed by atoms with Crippen LogP contribution in [0.5, 0.6) is 23.0 Å². The van der Waals surface area contributed by atoms with Gasteiger partial charge in [0.15, 0.2) is 11.5 Å². The topological polar surface area (TPSA) is 65.9 Å². The number of nitrogens with zero attached hydrogens (tertiary/aromatic N) is 3. The van der Waals surface area contributed by atoms with Crippen LogP contribution in [0.1, 0.15) is 18.1 Å². The van der Waals surface area contributed by atoms with Crippen molar-refractivity contribution in [2.45, 2.75) is 26.1 Å². The van der Waals surface area contributed by atoms with Gasteiger partial charge in [-0.05, 0) is 42.3 Å². The van der Waals surface area contributed by atoms with Crippen molar-refractivity contribution < 1.29 is 18.9 Å². The Kier molecular flexibility index (Phi) is 6.23. The molecule has 1 unspecified atom stereocenters. The first-order valence-corrected chi connectivity index (χ1v) is 10.2. The van der Waals surface area contributed by atoms with Crippen molar-refractivity contribution in [2.75, 3.05) is 27.9 Å². The van der Waals surface area contributed by atoms with Gasteiger partial charge in [-0.1, -0.05) is 6.07 Å². The van der Waals surface area contributed by atoms with Crippen LogP contribution in [0.3, 0.4) is 0 Å². The van der Waals surface area contributed by atoms with Crippen LogP contribution in [-0.2, 0) is 13.1 Å². The van der Waals surface area contributed by atoms with Gasteiger partial charge in [-0.3, -0.25) is 4.90 Å². The maximum absolute atomic E-state index is 6.10. The molecule has 1 aromatic heterocycles. The van der Waals surface area contributed by atoms with E-state index in [0.717, 1.165) is 41.1 Å². The number of ether oxygens (including phenoxy) is 4. The van der Waals surface area contributed by atoms with E-state index in [2.05, 4.69) is 33.9 Å². The lowest BCUT2D eigenvalue weighted by molar-refractivity contribution is 0.151. The Morgan fingerprint density at radius 1 is 0.968 bits per heavy atom. The van der Waals surface area contributed by atoms with E-state index in [-0.39, 0.29) is 6.04 Å². The van der Waals surface area contributed by atoms with Gasteiger partial charge in [0.2, 0.25) is 5.75 Å². The van der Waals surface area contributed by atoms with E-state index in [1.165, 1.54) is 6.33 Å². The van der Waals surface area contributed by atoms with Gasteiger partial charge < -0.3 is 18.9 Å². The van der Waals surface area contributed by atoms with Crippen molar-refractivity contribution in [1.82, 2.24) is 14.9 Å². The summed E-state index contributed by atoms with van der Waals surface area (Å²) in [7, 11) is 4.88. The predicted molar refractivity (Wildman–Crippen MR) is 118 cm³/mol. The Morgan fingerprint density at radius 2 is 1.68 bits per heavy atom. The molecule has 0 saturated heterocycles. The van der Waals surface area contributed by atoms with Crippen LogP contribution < -0.4 is 18.9 Å². The van der Waals surface area contributed by atoms with Crippen LogP contribution in [-0.4, -0.2) is 48.8 Å². The monoisotopic (exact) mass is 421 g/mol. The van der Waals surface area contributed by atoms with Crippen LogP contribution in [0.4, 0.5) is 0 Å². The molecular formula is C24H27N3O4. The lowest BCUT2D eigenvalue weighted by Gasteiger charge is -2.26. The first-order chi connectivity index (χ1) is 15.1. The zero-order valence-electron chi connectivity index (χ0n) is 18.3. The van der Waals surface area contributed by atoms with Crippen molar-refractivity contribution in [3.63, 3.8) is 0 Å². The molecule has 162 valence electrons. The molecule has 3 aromatic rings. The molecule has 1 atom stereocenters. The minimum Gasteiger partial charge on any atom is -0.493 e. The maximum Gasteiger partial charge on any atom is 0.203 e. The highest BCUT2D eigenvalue weighted by Crippen LogP contribution is 2.39. The molecule has 1 aliphatic heterocycles. The molecule has 0 saturated carbocycles. The molecule has 1 aliphatic rings. The van der Waals surface area contributed by atoms with E-state index < -0.39 is 0 Å². The predicted octanol–water partition coefficient (Wildman–Crippen LogP) is 3.95. The molecule has 7 nitrogen and oxygen atoms in total. The number of benzene rings is 2. The summed E-state index contributed by atoms with van der Waals surface area (Å²) in [6.07, 6.45) is 5.18. The fraction of sp³-hybridized carbons (Fsp3) is 0.333. The van der Waals surface area contributed by atoms with Crippen molar-refractivity contribution in [2.24, 2.45) is 0 Å². The highest BCUT2D eigenvalue weighted by atomic mass is 16.5. The van der Waals surface area contributed by atoms with Crippen molar-refractivity contribution in [1.29, 1.82) is 0 Å². The molecule has 0 radical (unpaired) electrons. The third kappa shape index (κ3) is 4.41. The molecular weight excluding hydrogens is 394 g/mol. The summed E-state index contributed by atoms with van der Waals surface area (Å²) in [6.45, 7) is 4.27. The second-order valence-electron chi connectivity index (χ2n) is 7.55. The lowest BCUT2D eigenvalue weighted by atomic mass is 10.0. The Balaban J connectivity index is 1.63. The van der Waals surface area contributed by atoms with Gasteiger partial charge in [-0.2, -0.15) is 0 Å². The number of methoxy groups -OCH3 is 3. The van der Waals surface area contributed by atoms with Gasteiger partial charge in [-0.15, -0.1) is 0 Å². The van der Waals surface area contributed by atoms with Crippen LogP contribution in [0.25, 0.3) is 11.1 Å². The van der Waals surface area contributed by atoms with Crippen LogP contribution in [0.2, 0.25) is 0 Å². The van der Waals surface area contributed by atoms with Crippen molar-refractivity contribution in [3.8, 4) is 34.1 Å². The third-order valence-electron chi connectivity index (χ3n) is 5.54. The van der Waals surface area contributed by atoms with E-state index in [1.807, 2.05) is 30.6 Å². The van der Waals surface area contributed by atoms with E-state index in [9.17, 15) is 0 Å². The van der Waals surface area contributed by atoms with Gasteiger partial charge >= 0.3 is 0 Å². The summed E-state index contributed by atoms with van der Waals surface area (Å²) in [5.74, 6) is 2.82. The zero-order valence-corrected chi connectivity index (χ0v) is 18.3. The average Bonchev–Trinajstić information content (AvgIpc) is 2.97. The largest absolute Gasteiger partial charge is 0.493 e. The smallest absolute Gasteiger partial charge is 0.203 e. The Morgan fingerprint density at radius 3 is 2.32 bits per heavy atom. The summed E-state index contributed by atoms with van der Waals surface area (Å²) in [4.78, 5) is 10.7. The first-order valence-electron chi connectivity index (χ1n) is 10.2. The number of hydrogen-bond donors (Lipinski definition) is 0. The van der Waals surface area contributed by atoms with Crippen LogP contribution >= 0.6 is 0 Å². The summed E-state index contributed by atoms with van der Waals surface area (Å²) >= 11 is 0. The SMILES string of the molecule is COc1cc(CN2Cc3cc(-c4cncnc4)ccc3OCC2C)cc(OC)c1OC. The zero-order chi connectivity index (χ0) is 21.8. The molecule has 0 amide bonds. The molecule has 0 spiro atoms. The molecule has 31 heavy (non-hydrogen) atoms. The van der Waals surface area contributed by atoms with E-state index in [4.69, 9.17) is 18.9 Å². The summed E-state index contributed by atoms with van der Waals surface area (Å²) in [5.41, 5.74) is 4.28. The Bertz CT molecular complexity index is 1020. The minimum atomic E-state index is 0.231. The number of fused-ring (bicyclic) bond motifs is 1. The fourth-order valence-electron chi connectivity index (χ4n) is 3.83.